The van der Waals surface area contributed by atoms with Crippen molar-refractivity contribution in [1.29, 1.82) is 0 Å². The van der Waals surface area contributed by atoms with Crippen LogP contribution in [0.1, 0.15) is 57.1 Å². The molecule has 0 aliphatic heterocycles. The molecule has 0 heterocycles. The van der Waals surface area contributed by atoms with Crippen LogP contribution < -0.4 is 10.1 Å². The summed E-state index contributed by atoms with van der Waals surface area (Å²) in [5, 5.41) is 5.95. The lowest BCUT2D eigenvalue weighted by Gasteiger charge is -2.24. The van der Waals surface area contributed by atoms with Crippen LogP contribution in [0.4, 0.5) is 0 Å². The third kappa shape index (κ3) is 6.46. The van der Waals surface area contributed by atoms with Crippen molar-refractivity contribution in [3.63, 3.8) is 0 Å². The van der Waals surface area contributed by atoms with E-state index in [9.17, 15) is 0 Å². The summed E-state index contributed by atoms with van der Waals surface area (Å²) < 4.78 is 5.54. The van der Waals surface area contributed by atoms with Gasteiger partial charge in [-0.05, 0) is 56.4 Å². The van der Waals surface area contributed by atoms with E-state index in [4.69, 9.17) is 4.74 Å². The van der Waals surface area contributed by atoms with Crippen molar-refractivity contribution >= 4 is 16.8 Å². The third-order valence-corrected chi connectivity index (χ3v) is 6.41. The topological polar surface area (TPSA) is 33.6 Å². The van der Waals surface area contributed by atoms with Crippen molar-refractivity contribution in [2.24, 2.45) is 10.9 Å². The lowest BCUT2D eigenvalue weighted by molar-refractivity contribution is 0.410. The molecule has 1 aromatic carbocycles. The van der Waals surface area contributed by atoms with Gasteiger partial charge in [0.2, 0.25) is 0 Å². The molecule has 0 bridgehead atoms. The van der Waals surface area contributed by atoms with Crippen molar-refractivity contribution in [2.45, 2.75) is 59.3 Å². The Morgan fingerprint density at radius 2 is 1.96 bits per heavy atom. The fraction of sp³-hybridized carbons (Fsp3) is 0.522. The van der Waals surface area contributed by atoms with Gasteiger partial charge in [-0.3, -0.25) is 4.99 Å². The molecule has 4 heteroatoms. The zero-order chi connectivity index (χ0) is 19.8. The van der Waals surface area contributed by atoms with Gasteiger partial charge in [-0.2, -0.15) is 0 Å². The third-order valence-electron chi connectivity index (χ3n) is 4.97. The zero-order valence-electron chi connectivity index (χ0n) is 17.5. The van der Waals surface area contributed by atoms with Crippen LogP contribution in [0.15, 0.2) is 46.1 Å². The first kappa shape index (κ1) is 21.6. The Kier molecular flexibility index (Phi) is 8.49. The van der Waals surface area contributed by atoms with Gasteiger partial charge in [-0.15, -0.1) is 0 Å². The van der Waals surface area contributed by atoms with E-state index < -0.39 is 0 Å². The average molecular weight is 387 g/mol. The second kappa shape index (κ2) is 10.6. The summed E-state index contributed by atoms with van der Waals surface area (Å²) in [6.07, 6.45) is 7.27. The van der Waals surface area contributed by atoms with Gasteiger partial charge in [0.15, 0.2) is 0 Å². The highest BCUT2D eigenvalue weighted by molar-refractivity contribution is 8.17. The zero-order valence-corrected chi connectivity index (χ0v) is 18.3. The molecule has 0 saturated heterocycles. The predicted molar refractivity (Wildman–Crippen MR) is 120 cm³/mol. The van der Waals surface area contributed by atoms with E-state index in [-0.39, 0.29) is 0 Å². The SMILES string of the molecule is C=C(Cc1ccc(C)cc1OC)NC(SC(=NC)C1CCCCC1)=C(C)C. The highest BCUT2D eigenvalue weighted by Crippen LogP contribution is 2.33. The molecule has 0 spiro atoms. The van der Waals surface area contributed by atoms with Gasteiger partial charge in [-0.25, -0.2) is 0 Å². The molecule has 27 heavy (non-hydrogen) atoms. The first-order chi connectivity index (χ1) is 12.9. The van der Waals surface area contributed by atoms with Crippen LogP contribution in [-0.2, 0) is 6.42 Å². The minimum atomic E-state index is 0.607. The Labute approximate surface area is 169 Å². The Morgan fingerprint density at radius 3 is 2.56 bits per heavy atom. The average Bonchev–Trinajstić information content (AvgIpc) is 2.66. The molecule has 0 atom stereocenters. The first-order valence-corrected chi connectivity index (χ1v) is 10.7. The normalized spacial score (nSPS) is 15.4. The number of aryl methyl sites for hydroxylation is 1. The molecular weight excluding hydrogens is 352 g/mol. The molecule has 2 rings (SSSR count). The van der Waals surface area contributed by atoms with Gasteiger partial charge in [0.25, 0.3) is 0 Å². The molecule has 0 radical (unpaired) electrons. The number of ether oxygens (including phenoxy) is 1. The summed E-state index contributed by atoms with van der Waals surface area (Å²) >= 11 is 1.78. The molecule has 1 N–H and O–H groups in total. The lowest BCUT2D eigenvalue weighted by Crippen LogP contribution is -2.19. The number of nitrogens with one attached hydrogen (secondary N) is 1. The van der Waals surface area contributed by atoms with E-state index in [0.717, 1.165) is 28.5 Å². The van der Waals surface area contributed by atoms with Crippen LogP contribution in [0.2, 0.25) is 0 Å². The van der Waals surface area contributed by atoms with Crippen molar-refractivity contribution in [3.05, 3.63) is 52.2 Å². The van der Waals surface area contributed by atoms with Gasteiger partial charge in [0.1, 0.15) is 5.75 Å². The number of thioether (sulfide) groups is 1. The summed E-state index contributed by atoms with van der Waals surface area (Å²) in [5.74, 6) is 1.53. The van der Waals surface area contributed by atoms with Crippen molar-refractivity contribution in [2.75, 3.05) is 14.2 Å². The van der Waals surface area contributed by atoms with Crippen molar-refractivity contribution in [1.82, 2.24) is 5.32 Å². The van der Waals surface area contributed by atoms with Gasteiger partial charge in [0, 0.05) is 25.1 Å². The molecule has 0 aromatic heterocycles. The molecule has 1 saturated carbocycles. The molecule has 1 aliphatic carbocycles. The maximum absolute atomic E-state index is 5.54. The number of hydrogen-bond donors (Lipinski definition) is 1. The Morgan fingerprint density at radius 1 is 1.26 bits per heavy atom. The minimum Gasteiger partial charge on any atom is -0.496 e. The van der Waals surface area contributed by atoms with Gasteiger partial charge in [-0.1, -0.05) is 49.7 Å². The minimum absolute atomic E-state index is 0.607. The van der Waals surface area contributed by atoms with Crippen LogP contribution in [0.3, 0.4) is 0 Å². The maximum atomic E-state index is 5.54. The summed E-state index contributed by atoms with van der Waals surface area (Å²) in [4.78, 5) is 4.62. The van der Waals surface area contributed by atoms with Gasteiger partial charge >= 0.3 is 0 Å². The van der Waals surface area contributed by atoms with E-state index in [2.05, 4.69) is 55.9 Å². The van der Waals surface area contributed by atoms with Gasteiger partial charge in [0.05, 0.1) is 17.2 Å². The van der Waals surface area contributed by atoms with Crippen LogP contribution in [0, 0.1) is 12.8 Å². The number of rotatable bonds is 7. The Balaban J connectivity index is 2.05. The number of methoxy groups -OCH3 is 1. The summed E-state index contributed by atoms with van der Waals surface area (Å²) in [5.41, 5.74) is 4.58. The van der Waals surface area contributed by atoms with E-state index in [1.54, 1.807) is 18.9 Å². The maximum Gasteiger partial charge on any atom is 0.122 e. The van der Waals surface area contributed by atoms with E-state index >= 15 is 0 Å². The highest BCUT2D eigenvalue weighted by atomic mass is 32.2. The number of hydrogen-bond acceptors (Lipinski definition) is 4. The smallest absolute Gasteiger partial charge is 0.122 e. The fourth-order valence-electron chi connectivity index (χ4n) is 3.45. The molecule has 148 valence electrons. The number of allylic oxidation sites excluding steroid dienone is 2. The highest BCUT2D eigenvalue weighted by Gasteiger charge is 2.21. The number of benzene rings is 1. The molecule has 1 aliphatic rings. The molecule has 1 aromatic rings. The van der Waals surface area contributed by atoms with Crippen LogP contribution >= 0.6 is 11.8 Å². The predicted octanol–water partition coefficient (Wildman–Crippen LogP) is 6.24. The lowest BCUT2D eigenvalue weighted by atomic mass is 9.90. The molecule has 3 nitrogen and oxygen atoms in total. The molecule has 0 unspecified atom stereocenters. The van der Waals surface area contributed by atoms with Crippen LogP contribution in [-0.4, -0.2) is 19.2 Å². The summed E-state index contributed by atoms with van der Waals surface area (Å²) in [6, 6.07) is 6.31. The molecule has 1 fully saturated rings. The second-order valence-electron chi connectivity index (χ2n) is 7.55. The van der Waals surface area contributed by atoms with Crippen LogP contribution in [0.25, 0.3) is 0 Å². The molecular formula is C23H34N2OS. The van der Waals surface area contributed by atoms with Gasteiger partial charge < -0.3 is 10.1 Å². The van der Waals surface area contributed by atoms with Crippen molar-refractivity contribution < 1.29 is 4.74 Å². The Hall–Kier alpha value is -1.68. The Bertz CT molecular complexity index is 711. The van der Waals surface area contributed by atoms with E-state index in [0.29, 0.717) is 5.92 Å². The number of nitrogens with zero attached hydrogens (tertiary/aromatic N) is 1. The largest absolute Gasteiger partial charge is 0.496 e. The van der Waals surface area contributed by atoms with Crippen LogP contribution in [0.5, 0.6) is 5.75 Å². The first-order valence-electron chi connectivity index (χ1n) is 9.85. The van der Waals surface area contributed by atoms with E-state index in [1.807, 2.05) is 7.05 Å². The van der Waals surface area contributed by atoms with E-state index in [1.165, 1.54) is 48.3 Å². The quantitative estimate of drug-likeness (QED) is 0.444. The van der Waals surface area contributed by atoms with Crippen molar-refractivity contribution in [3.8, 4) is 5.75 Å². The molecule has 0 amide bonds. The summed E-state index contributed by atoms with van der Waals surface area (Å²) in [7, 11) is 3.64. The number of aliphatic imine (C=N–C) groups is 1. The summed E-state index contributed by atoms with van der Waals surface area (Å²) in [6.45, 7) is 10.6. The standard InChI is InChI=1S/C23H34N2OS/c1-16(2)22(27-23(24-5)19-10-8-7-9-11-19)25-18(4)15-20-13-12-17(3)14-21(20)26-6/h12-14,19,25H,4,7-11,15H2,1-3,5-6H3. The fourth-order valence-corrected chi connectivity index (χ4v) is 4.55. The monoisotopic (exact) mass is 386 g/mol. The second-order valence-corrected chi connectivity index (χ2v) is 8.58.